The first-order chi connectivity index (χ1) is 17.9. The van der Waals surface area contributed by atoms with Crippen LogP contribution in [0.5, 0.6) is 0 Å². The maximum absolute atomic E-state index is 13.8. The summed E-state index contributed by atoms with van der Waals surface area (Å²) in [5.74, 6) is -1.43. The molecule has 1 heterocycles. The number of oxazole rings is 1. The quantitative estimate of drug-likeness (QED) is 0.345. The van der Waals surface area contributed by atoms with Gasteiger partial charge in [-0.2, -0.15) is 0 Å². The Bertz CT molecular complexity index is 1300. The third-order valence-electron chi connectivity index (χ3n) is 5.61. The zero-order valence-corrected chi connectivity index (χ0v) is 22.9. The van der Waals surface area contributed by atoms with Crippen LogP contribution in [0.25, 0.3) is 11.1 Å². The lowest BCUT2D eigenvalue weighted by molar-refractivity contribution is -0.143. The van der Waals surface area contributed by atoms with Gasteiger partial charge in [0.25, 0.3) is 0 Å². The number of amides is 2. The fraction of sp³-hybridized carbons (Fsp3) is 0.444. The molecule has 2 N–H and O–H groups in total. The molecule has 3 aromatic rings. The molecule has 0 radical (unpaired) electrons. The van der Waals surface area contributed by atoms with Gasteiger partial charge in [0.2, 0.25) is 18.0 Å². The molecule has 0 aliphatic carbocycles. The third kappa shape index (κ3) is 7.78. The summed E-state index contributed by atoms with van der Waals surface area (Å²) in [5, 5.41) is 11.9. The van der Waals surface area contributed by atoms with Crippen molar-refractivity contribution in [3.8, 4) is 0 Å². The number of carbonyl (C=O) groups is 2. The predicted octanol–water partition coefficient (Wildman–Crippen LogP) is 3.96. The number of hydrogen-bond acceptors (Lipinski definition) is 8. The Morgan fingerprint density at radius 2 is 1.76 bits per heavy atom. The van der Waals surface area contributed by atoms with E-state index < -0.39 is 51.2 Å². The van der Waals surface area contributed by atoms with Crippen molar-refractivity contribution in [2.24, 2.45) is 0 Å². The minimum atomic E-state index is -4.15. The van der Waals surface area contributed by atoms with Crippen molar-refractivity contribution in [1.29, 1.82) is 0 Å². The molecule has 38 heavy (non-hydrogen) atoms. The van der Waals surface area contributed by atoms with E-state index in [0.29, 0.717) is 29.5 Å². The number of hydrogen-bond donors (Lipinski definition) is 2. The highest BCUT2D eigenvalue weighted by molar-refractivity contribution is 7.92. The lowest BCUT2D eigenvalue weighted by Gasteiger charge is -2.30. The van der Waals surface area contributed by atoms with Gasteiger partial charge in [-0.15, -0.1) is 0 Å². The van der Waals surface area contributed by atoms with E-state index in [9.17, 15) is 23.1 Å². The third-order valence-corrected chi connectivity index (χ3v) is 7.58. The molecule has 0 aliphatic heterocycles. The van der Waals surface area contributed by atoms with E-state index in [1.165, 1.54) is 0 Å². The summed E-state index contributed by atoms with van der Waals surface area (Å²) >= 11 is 0. The summed E-state index contributed by atoms with van der Waals surface area (Å²) in [6.45, 7) is 6.44. The van der Waals surface area contributed by atoms with Crippen molar-refractivity contribution < 1.29 is 32.3 Å². The van der Waals surface area contributed by atoms with Gasteiger partial charge >= 0.3 is 6.09 Å². The highest BCUT2D eigenvalue weighted by Gasteiger charge is 2.39. The van der Waals surface area contributed by atoms with E-state index in [0.717, 1.165) is 4.90 Å². The second kappa shape index (κ2) is 12.4. The second-order valence-electron chi connectivity index (χ2n) is 9.94. The van der Waals surface area contributed by atoms with Crippen molar-refractivity contribution in [3.05, 3.63) is 66.1 Å². The molecule has 10 nitrogen and oxygen atoms in total. The Balaban J connectivity index is 1.94. The standard InChI is InChI=1S/C27H35N3O7S/c1-5-6-16-30(25(32)23-29-20-14-10-11-15-21(20)36-23)24(31)22(17-28-26(33)37-27(2,3)4)38(34,35)18-19-12-8-7-9-13-19/h7-15,22,25,32H,5-6,16-18H2,1-4H3,(H,28,33)/t22-,25?/m1/s1. The number of nitrogens with one attached hydrogen (secondary N) is 1. The van der Waals surface area contributed by atoms with Gasteiger partial charge in [-0.05, 0) is 44.9 Å². The van der Waals surface area contributed by atoms with E-state index in [4.69, 9.17) is 9.15 Å². The van der Waals surface area contributed by atoms with Crippen LogP contribution in [0, 0.1) is 0 Å². The zero-order valence-electron chi connectivity index (χ0n) is 22.1. The van der Waals surface area contributed by atoms with Gasteiger partial charge in [0.05, 0.1) is 5.75 Å². The number of carbonyl (C=O) groups excluding carboxylic acids is 2. The summed E-state index contributed by atoms with van der Waals surface area (Å²) in [4.78, 5) is 31.5. The van der Waals surface area contributed by atoms with E-state index in [1.807, 2.05) is 6.92 Å². The molecule has 11 heteroatoms. The monoisotopic (exact) mass is 545 g/mol. The van der Waals surface area contributed by atoms with Crippen molar-refractivity contribution in [2.45, 2.75) is 63.4 Å². The van der Waals surface area contributed by atoms with Crippen molar-refractivity contribution >= 4 is 32.9 Å². The van der Waals surface area contributed by atoms with Crippen LogP contribution in [-0.4, -0.2) is 59.3 Å². The van der Waals surface area contributed by atoms with Crippen LogP contribution in [0.4, 0.5) is 4.79 Å². The lowest BCUT2D eigenvalue weighted by Crippen LogP contribution is -2.51. The Morgan fingerprint density at radius 3 is 2.39 bits per heavy atom. The number of alkyl carbamates (subject to hydrolysis) is 1. The molecule has 2 aromatic carbocycles. The van der Waals surface area contributed by atoms with E-state index in [1.54, 1.807) is 75.4 Å². The molecule has 0 spiro atoms. The van der Waals surface area contributed by atoms with Crippen LogP contribution < -0.4 is 5.32 Å². The van der Waals surface area contributed by atoms with Gasteiger partial charge in [-0.3, -0.25) is 4.79 Å². The summed E-state index contributed by atoms with van der Waals surface area (Å²) < 4.78 is 38.0. The number of aliphatic hydroxyl groups is 1. The van der Waals surface area contributed by atoms with Crippen LogP contribution in [0.2, 0.25) is 0 Å². The molecule has 1 unspecified atom stereocenters. The Morgan fingerprint density at radius 1 is 1.11 bits per heavy atom. The summed E-state index contributed by atoms with van der Waals surface area (Å²) in [5.41, 5.74) is 0.582. The van der Waals surface area contributed by atoms with Gasteiger partial charge in [-0.25, -0.2) is 18.2 Å². The number of unbranched alkanes of at least 4 members (excludes halogenated alkanes) is 1. The van der Waals surface area contributed by atoms with Gasteiger partial charge in [-0.1, -0.05) is 55.8 Å². The zero-order chi connectivity index (χ0) is 27.9. The van der Waals surface area contributed by atoms with Crippen LogP contribution >= 0.6 is 0 Å². The number of nitrogens with zero attached hydrogens (tertiary/aromatic N) is 2. The molecule has 206 valence electrons. The summed E-state index contributed by atoms with van der Waals surface area (Å²) in [7, 11) is -4.15. The topological polar surface area (TPSA) is 139 Å². The second-order valence-corrected chi connectivity index (χ2v) is 12.1. The van der Waals surface area contributed by atoms with Crippen molar-refractivity contribution in [2.75, 3.05) is 13.1 Å². The van der Waals surface area contributed by atoms with Gasteiger partial charge in [0.15, 0.2) is 20.7 Å². The number of aromatic nitrogens is 1. The average molecular weight is 546 g/mol. The number of aliphatic hydroxyl groups excluding tert-OH is 1. The smallest absolute Gasteiger partial charge is 0.407 e. The highest BCUT2D eigenvalue weighted by atomic mass is 32.2. The minimum absolute atomic E-state index is 0.0546. The Labute approximate surface area is 222 Å². The SMILES string of the molecule is CCCCN(C(=O)[C@@H](CNC(=O)OC(C)(C)C)S(=O)(=O)Cc1ccccc1)C(O)c1nc2ccccc2o1. The molecule has 2 atom stereocenters. The normalized spacial score (nSPS) is 13.6. The van der Waals surface area contributed by atoms with Crippen molar-refractivity contribution in [1.82, 2.24) is 15.2 Å². The number of ether oxygens (including phenoxy) is 1. The molecule has 0 saturated heterocycles. The molecule has 0 saturated carbocycles. The number of benzene rings is 2. The van der Waals surface area contributed by atoms with Gasteiger partial charge in [0, 0.05) is 13.1 Å². The van der Waals surface area contributed by atoms with Gasteiger partial charge in [0.1, 0.15) is 11.1 Å². The predicted molar refractivity (Wildman–Crippen MR) is 143 cm³/mol. The molecular weight excluding hydrogens is 510 g/mol. The first-order valence-electron chi connectivity index (χ1n) is 12.5. The lowest BCUT2D eigenvalue weighted by atomic mass is 10.2. The number of sulfone groups is 1. The van der Waals surface area contributed by atoms with E-state index in [-0.39, 0.29) is 12.4 Å². The first-order valence-corrected chi connectivity index (χ1v) is 14.2. The van der Waals surface area contributed by atoms with Gasteiger partial charge < -0.3 is 24.5 Å². The van der Waals surface area contributed by atoms with Crippen LogP contribution in [-0.2, 0) is 25.1 Å². The molecule has 1 aromatic heterocycles. The molecule has 0 aliphatic rings. The summed E-state index contributed by atoms with van der Waals surface area (Å²) in [6, 6.07) is 15.3. The molecule has 3 rings (SSSR count). The number of fused-ring (bicyclic) bond motifs is 1. The molecule has 2 amide bonds. The highest BCUT2D eigenvalue weighted by Crippen LogP contribution is 2.25. The van der Waals surface area contributed by atoms with Crippen LogP contribution in [0.1, 0.15) is 58.2 Å². The first kappa shape index (κ1) is 29.1. The Kier molecular flexibility index (Phi) is 9.50. The Hall–Kier alpha value is -3.44. The summed E-state index contributed by atoms with van der Waals surface area (Å²) in [6.07, 6.45) is -1.31. The van der Waals surface area contributed by atoms with E-state index in [2.05, 4.69) is 10.3 Å². The van der Waals surface area contributed by atoms with Crippen LogP contribution in [0.3, 0.4) is 0 Å². The molecule has 0 fully saturated rings. The fourth-order valence-corrected chi connectivity index (χ4v) is 5.40. The number of rotatable bonds is 11. The maximum Gasteiger partial charge on any atom is 0.407 e. The van der Waals surface area contributed by atoms with Crippen molar-refractivity contribution in [3.63, 3.8) is 0 Å². The average Bonchev–Trinajstić information content (AvgIpc) is 3.28. The number of para-hydroxylation sites is 2. The molecular formula is C27H35N3O7S. The van der Waals surface area contributed by atoms with Crippen LogP contribution in [0.15, 0.2) is 59.0 Å². The maximum atomic E-state index is 13.8. The minimum Gasteiger partial charge on any atom is -0.444 e. The fourth-order valence-electron chi connectivity index (χ4n) is 3.77. The molecule has 0 bridgehead atoms. The van der Waals surface area contributed by atoms with E-state index >= 15 is 0 Å². The largest absolute Gasteiger partial charge is 0.444 e.